The van der Waals surface area contributed by atoms with Crippen LogP contribution in [0.15, 0.2) is 35.1 Å². The van der Waals surface area contributed by atoms with Crippen LogP contribution < -0.4 is 10.9 Å². The van der Waals surface area contributed by atoms with Crippen molar-refractivity contribution in [1.29, 1.82) is 0 Å². The second kappa shape index (κ2) is 7.30. The van der Waals surface area contributed by atoms with Gasteiger partial charge < -0.3 is 15.0 Å². The maximum Gasteiger partial charge on any atom is 0.408 e. The average molecular weight is 372 g/mol. The zero-order valence-corrected chi connectivity index (χ0v) is 15.7. The highest BCUT2D eigenvalue weighted by Crippen LogP contribution is 2.16. The molecule has 144 valence electrons. The van der Waals surface area contributed by atoms with E-state index >= 15 is 0 Å². The number of carbonyl (C=O) groups excluding carboxylic acids is 2. The van der Waals surface area contributed by atoms with Crippen LogP contribution in [-0.2, 0) is 22.5 Å². The summed E-state index contributed by atoms with van der Waals surface area (Å²) >= 11 is 0. The smallest absolute Gasteiger partial charge is 0.408 e. The van der Waals surface area contributed by atoms with E-state index in [9.17, 15) is 14.4 Å². The minimum absolute atomic E-state index is 0.159. The molecule has 1 aromatic heterocycles. The molecule has 2 aromatic rings. The van der Waals surface area contributed by atoms with E-state index in [1.807, 2.05) is 30.3 Å². The molecule has 0 radical (unpaired) electrons. The number of carbonyl (C=O) groups is 2. The third-order valence-corrected chi connectivity index (χ3v) is 4.20. The molecule has 0 fully saturated rings. The number of fused-ring (bicyclic) bond motifs is 1. The van der Waals surface area contributed by atoms with E-state index in [-0.39, 0.29) is 24.6 Å². The van der Waals surface area contributed by atoms with Gasteiger partial charge in [-0.3, -0.25) is 14.7 Å². The molecule has 2 heterocycles. The predicted molar refractivity (Wildman–Crippen MR) is 99.7 cm³/mol. The fourth-order valence-corrected chi connectivity index (χ4v) is 2.95. The number of aromatic amines is 1. The third-order valence-electron chi connectivity index (χ3n) is 4.20. The Morgan fingerprint density at radius 2 is 1.93 bits per heavy atom. The Kier molecular flexibility index (Phi) is 5.07. The molecule has 2 N–H and O–H groups in total. The quantitative estimate of drug-likeness (QED) is 0.855. The molecule has 2 amide bonds. The molecule has 0 spiro atoms. The number of rotatable bonds is 3. The topological polar surface area (TPSA) is 96.4 Å². The molecule has 0 saturated heterocycles. The molecular formula is C19H24N4O4. The van der Waals surface area contributed by atoms with Crippen LogP contribution in [0.1, 0.15) is 32.0 Å². The largest absolute Gasteiger partial charge is 0.444 e. The Bertz CT molecular complexity index is 893. The fourth-order valence-electron chi connectivity index (χ4n) is 2.95. The number of amides is 2. The van der Waals surface area contributed by atoms with E-state index in [0.29, 0.717) is 18.5 Å². The number of para-hydroxylation sites is 1. The number of hydrogen-bond acceptors (Lipinski definition) is 4. The van der Waals surface area contributed by atoms with Gasteiger partial charge in [-0.15, -0.1) is 0 Å². The standard InChI is InChI=1S/C19H24N4O4/c1-19(2,3)27-18(26)20-11-16(24)22-10-9-15-14(12-22)17(25)23(21-15)13-7-5-4-6-8-13/h4-8,21H,9-12H2,1-3H3,(H,20,26). The summed E-state index contributed by atoms with van der Waals surface area (Å²) in [4.78, 5) is 38.4. The summed E-state index contributed by atoms with van der Waals surface area (Å²) in [5.41, 5.74) is 1.39. The van der Waals surface area contributed by atoms with Gasteiger partial charge in [0, 0.05) is 18.7 Å². The Balaban J connectivity index is 1.66. The molecule has 1 aliphatic rings. The maximum atomic E-state index is 12.7. The first-order valence-corrected chi connectivity index (χ1v) is 8.87. The third kappa shape index (κ3) is 4.39. The molecule has 27 heavy (non-hydrogen) atoms. The highest BCUT2D eigenvalue weighted by molar-refractivity contribution is 5.82. The second-order valence-corrected chi connectivity index (χ2v) is 7.47. The van der Waals surface area contributed by atoms with Gasteiger partial charge in [0.15, 0.2) is 0 Å². The van der Waals surface area contributed by atoms with Gasteiger partial charge in [0.25, 0.3) is 5.56 Å². The van der Waals surface area contributed by atoms with Crippen LogP contribution in [0.25, 0.3) is 5.69 Å². The van der Waals surface area contributed by atoms with Crippen molar-refractivity contribution in [3.05, 3.63) is 51.9 Å². The number of benzene rings is 1. The summed E-state index contributed by atoms with van der Waals surface area (Å²) in [6.45, 7) is 5.80. The summed E-state index contributed by atoms with van der Waals surface area (Å²) in [5.74, 6) is -0.252. The van der Waals surface area contributed by atoms with Gasteiger partial charge in [0.1, 0.15) is 12.1 Å². The molecular weight excluding hydrogens is 348 g/mol. The lowest BCUT2D eigenvalue weighted by atomic mass is 10.1. The molecule has 1 aliphatic heterocycles. The fraction of sp³-hybridized carbons (Fsp3) is 0.421. The number of ether oxygens (including phenoxy) is 1. The molecule has 3 rings (SSSR count). The van der Waals surface area contributed by atoms with Gasteiger partial charge in [-0.2, -0.15) is 0 Å². The number of H-pyrrole nitrogens is 1. The number of aromatic nitrogens is 2. The first kappa shape index (κ1) is 18.8. The number of nitrogens with zero attached hydrogens (tertiary/aromatic N) is 2. The number of nitrogens with one attached hydrogen (secondary N) is 2. The average Bonchev–Trinajstić information content (AvgIpc) is 2.95. The lowest BCUT2D eigenvalue weighted by Gasteiger charge is -2.26. The number of hydrogen-bond donors (Lipinski definition) is 2. The van der Waals surface area contributed by atoms with Crippen molar-refractivity contribution in [2.24, 2.45) is 0 Å². The minimum Gasteiger partial charge on any atom is -0.444 e. The first-order valence-electron chi connectivity index (χ1n) is 8.87. The van der Waals surface area contributed by atoms with Crippen LogP contribution in [0.5, 0.6) is 0 Å². The zero-order valence-electron chi connectivity index (χ0n) is 15.7. The van der Waals surface area contributed by atoms with Crippen molar-refractivity contribution < 1.29 is 14.3 Å². The van der Waals surface area contributed by atoms with Crippen molar-refractivity contribution >= 4 is 12.0 Å². The summed E-state index contributed by atoms with van der Waals surface area (Å²) < 4.78 is 6.62. The van der Waals surface area contributed by atoms with E-state index in [4.69, 9.17) is 4.74 Å². The molecule has 0 unspecified atom stereocenters. The Morgan fingerprint density at radius 1 is 1.22 bits per heavy atom. The van der Waals surface area contributed by atoms with Crippen LogP contribution in [0.4, 0.5) is 4.79 Å². The van der Waals surface area contributed by atoms with E-state index < -0.39 is 11.7 Å². The lowest BCUT2D eigenvalue weighted by Crippen LogP contribution is -2.44. The van der Waals surface area contributed by atoms with E-state index in [0.717, 1.165) is 11.4 Å². The first-order chi connectivity index (χ1) is 12.7. The molecule has 0 atom stereocenters. The van der Waals surface area contributed by atoms with Crippen LogP contribution in [-0.4, -0.2) is 45.4 Å². The van der Waals surface area contributed by atoms with Gasteiger partial charge in [-0.25, -0.2) is 9.48 Å². The lowest BCUT2D eigenvalue weighted by molar-refractivity contribution is -0.131. The van der Waals surface area contributed by atoms with Crippen LogP contribution in [0, 0.1) is 0 Å². The van der Waals surface area contributed by atoms with Crippen LogP contribution in [0.3, 0.4) is 0 Å². The summed E-state index contributed by atoms with van der Waals surface area (Å²) in [6.07, 6.45) is -0.0793. The Hall–Kier alpha value is -3.03. The van der Waals surface area contributed by atoms with Crippen molar-refractivity contribution in [2.75, 3.05) is 13.1 Å². The molecule has 1 aromatic carbocycles. The zero-order chi connectivity index (χ0) is 19.6. The van der Waals surface area contributed by atoms with Crippen molar-refractivity contribution in [3.8, 4) is 5.69 Å². The van der Waals surface area contributed by atoms with E-state index in [1.165, 1.54) is 4.68 Å². The molecule has 0 aliphatic carbocycles. The van der Waals surface area contributed by atoms with Gasteiger partial charge in [0.2, 0.25) is 5.91 Å². The van der Waals surface area contributed by atoms with E-state index in [2.05, 4.69) is 10.4 Å². The summed E-state index contributed by atoms with van der Waals surface area (Å²) in [5, 5.41) is 5.59. The van der Waals surface area contributed by atoms with E-state index in [1.54, 1.807) is 25.7 Å². The van der Waals surface area contributed by atoms with Crippen LogP contribution >= 0.6 is 0 Å². The molecule has 0 bridgehead atoms. The van der Waals surface area contributed by atoms with Crippen molar-refractivity contribution in [1.82, 2.24) is 20.0 Å². The van der Waals surface area contributed by atoms with Gasteiger partial charge in [0.05, 0.1) is 17.8 Å². The highest BCUT2D eigenvalue weighted by atomic mass is 16.6. The predicted octanol–water partition coefficient (Wildman–Crippen LogP) is 1.57. The SMILES string of the molecule is CC(C)(C)OC(=O)NCC(=O)N1CCc2[nH]n(-c3ccccc3)c(=O)c2C1. The maximum absolute atomic E-state index is 12.7. The second-order valence-electron chi connectivity index (χ2n) is 7.47. The molecule has 0 saturated carbocycles. The molecule has 8 nitrogen and oxygen atoms in total. The van der Waals surface area contributed by atoms with Crippen molar-refractivity contribution in [2.45, 2.75) is 39.3 Å². The summed E-state index contributed by atoms with van der Waals surface area (Å²) in [7, 11) is 0. The summed E-state index contributed by atoms with van der Waals surface area (Å²) in [6, 6.07) is 9.29. The monoisotopic (exact) mass is 372 g/mol. The van der Waals surface area contributed by atoms with Gasteiger partial charge in [-0.05, 0) is 32.9 Å². The Labute approximate surface area is 157 Å². The van der Waals surface area contributed by atoms with Crippen LogP contribution in [0.2, 0.25) is 0 Å². The molecule has 8 heteroatoms. The van der Waals surface area contributed by atoms with Gasteiger partial charge in [-0.1, -0.05) is 18.2 Å². The Morgan fingerprint density at radius 3 is 2.59 bits per heavy atom. The van der Waals surface area contributed by atoms with Gasteiger partial charge >= 0.3 is 6.09 Å². The number of alkyl carbamates (subject to hydrolysis) is 1. The van der Waals surface area contributed by atoms with Crippen molar-refractivity contribution in [3.63, 3.8) is 0 Å². The minimum atomic E-state index is -0.637. The highest BCUT2D eigenvalue weighted by Gasteiger charge is 2.26. The normalized spacial score (nSPS) is 13.8.